The number of rotatable bonds is 6. The predicted octanol–water partition coefficient (Wildman–Crippen LogP) is 2.99. The van der Waals surface area contributed by atoms with Crippen molar-refractivity contribution < 1.29 is 23.8 Å². The number of aromatic nitrogens is 1. The molecule has 2 atom stereocenters. The number of likely N-dealkylation sites (tertiary alicyclic amines) is 1. The quantitative estimate of drug-likeness (QED) is 0.610. The molecule has 0 spiro atoms. The highest BCUT2D eigenvalue weighted by Crippen LogP contribution is 2.36. The summed E-state index contributed by atoms with van der Waals surface area (Å²) in [5.74, 6) is 1.14. The average molecular weight is 460 g/mol. The second-order valence-corrected chi connectivity index (χ2v) is 8.30. The smallest absolute Gasteiger partial charge is 0.254 e. The van der Waals surface area contributed by atoms with Crippen LogP contribution in [-0.2, 0) is 11.3 Å². The number of hydrogen-bond acceptors (Lipinski definition) is 6. The lowest BCUT2D eigenvalue weighted by molar-refractivity contribution is -0.125. The van der Waals surface area contributed by atoms with E-state index >= 15 is 0 Å². The van der Waals surface area contributed by atoms with Gasteiger partial charge in [-0.1, -0.05) is 18.2 Å². The molecule has 8 heteroatoms. The van der Waals surface area contributed by atoms with Crippen molar-refractivity contribution in [3.63, 3.8) is 0 Å². The molecule has 2 aliphatic heterocycles. The molecule has 2 aromatic carbocycles. The van der Waals surface area contributed by atoms with Crippen LogP contribution >= 0.6 is 0 Å². The van der Waals surface area contributed by atoms with Crippen LogP contribution < -0.4 is 19.5 Å². The fourth-order valence-corrected chi connectivity index (χ4v) is 4.45. The monoisotopic (exact) mass is 459 g/mol. The summed E-state index contributed by atoms with van der Waals surface area (Å²) < 4.78 is 16.0. The molecule has 0 radical (unpaired) electrons. The van der Waals surface area contributed by atoms with Crippen molar-refractivity contribution in [1.29, 1.82) is 0 Å². The molecule has 2 unspecified atom stereocenters. The highest BCUT2D eigenvalue weighted by Gasteiger charge is 2.40. The maximum absolute atomic E-state index is 13.3. The third kappa shape index (κ3) is 4.39. The lowest BCUT2D eigenvalue weighted by atomic mass is 9.88. The van der Waals surface area contributed by atoms with E-state index < -0.39 is 5.92 Å². The van der Waals surface area contributed by atoms with Gasteiger partial charge in [0.05, 0.1) is 25.3 Å². The van der Waals surface area contributed by atoms with Gasteiger partial charge in [-0.15, -0.1) is 0 Å². The molecule has 0 saturated carbocycles. The van der Waals surface area contributed by atoms with Crippen LogP contribution in [0.25, 0.3) is 0 Å². The van der Waals surface area contributed by atoms with Gasteiger partial charge in [0.25, 0.3) is 5.91 Å². The maximum Gasteiger partial charge on any atom is 0.254 e. The van der Waals surface area contributed by atoms with E-state index in [4.69, 9.17) is 14.2 Å². The van der Waals surface area contributed by atoms with E-state index in [1.807, 2.05) is 42.5 Å². The molecule has 2 amide bonds. The fourth-order valence-electron chi connectivity index (χ4n) is 4.45. The highest BCUT2D eigenvalue weighted by molar-refractivity contribution is 5.96. The zero-order chi connectivity index (χ0) is 23.5. The van der Waals surface area contributed by atoms with E-state index in [1.165, 1.54) is 0 Å². The van der Waals surface area contributed by atoms with Gasteiger partial charge >= 0.3 is 0 Å². The van der Waals surface area contributed by atoms with E-state index in [2.05, 4.69) is 10.3 Å². The summed E-state index contributed by atoms with van der Waals surface area (Å²) in [6, 6.07) is 18.4. The minimum Gasteiger partial charge on any atom is -0.497 e. The Morgan fingerprint density at radius 2 is 1.88 bits per heavy atom. The molecule has 5 rings (SSSR count). The van der Waals surface area contributed by atoms with Crippen LogP contribution in [0.2, 0.25) is 0 Å². The Kier molecular flexibility index (Phi) is 6.03. The van der Waals surface area contributed by atoms with E-state index in [1.54, 1.807) is 36.4 Å². The van der Waals surface area contributed by atoms with Crippen molar-refractivity contribution in [2.75, 3.05) is 27.0 Å². The van der Waals surface area contributed by atoms with Crippen molar-refractivity contribution in [3.8, 4) is 17.2 Å². The molecule has 174 valence electrons. The number of pyridine rings is 1. The van der Waals surface area contributed by atoms with Crippen LogP contribution in [0.4, 0.5) is 0 Å². The van der Waals surface area contributed by atoms with Crippen molar-refractivity contribution in [2.45, 2.75) is 12.5 Å². The van der Waals surface area contributed by atoms with Crippen LogP contribution in [0.5, 0.6) is 17.2 Å². The summed E-state index contributed by atoms with van der Waals surface area (Å²) in [4.78, 5) is 32.6. The lowest BCUT2D eigenvalue weighted by Crippen LogP contribution is -2.35. The van der Waals surface area contributed by atoms with Crippen LogP contribution in [0.15, 0.2) is 66.9 Å². The minimum atomic E-state index is -0.393. The third-order valence-corrected chi connectivity index (χ3v) is 6.28. The Labute approximate surface area is 197 Å². The standard InChI is InChI=1S/C26H25N3O5/c1-32-20-8-5-17(6-9-20)21-14-29(26(31)18-7-10-23-24(12-18)34-16-33-23)15-22(21)25(30)28-13-19-4-2-3-11-27-19/h2-12,21-22H,13-16H2,1H3,(H,28,30). The minimum absolute atomic E-state index is 0.104. The predicted molar refractivity (Wildman–Crippen MR) is 124 cm³/mol. The molecule has 0 aliphatic carbocycles. The molecule has 1 aromatic heterocycles. The molecule has 0 bridgehead atoms. The molecule has 3 aromatic rings. The summed E-state index contributed by atoms with van der Waals surface area (Å²) in [6.45, 7) is 1.23. The van der Waals surface area contributed by atoms with Crippen LogP contribution in [0.3, 0.4) is 0 Å². The number of nitrogens with one attached hydrogen (secondary N) is 1. The first kappa shape index (κ1) is 21.8. The van der Waals surface area contributed by atoms with Crippen LogP contribution in [0, 0.1) is 5.92 Å². The number of carbonyl (C=O) groups is 2. The van der Waals surface area contributed by atoms with Gasteiger partial charge in [-0.25, -0.2) is 0 Å². The number of methoxy groups -OCH3 is 1. The largest absolute Gasteiger partial charge is 0.497 e. The summed E-state index contributed by atoms with van der Waals surface area (Å²) in [7, 11) is 1.62. The zero-order valence-corrected chi connectivity index (χ0v) is 18.8. The van der Waals surface area contributed by atoms with Gasteiger partial charge in [0.15, 0.2) is 11.5 Å². The normalized spacial score (nSPS) is 18.6. The first-order chi connectivity index (χ1) is 16.6. The summed E-state index contributed by atoms with van der Waals surface area (Å²) >= 11 is 0. The fraction of sp³-hybridized carbons (Fsp3) is 0.269. The van der Waals surface area contributed by atoms with Gasteiger partial charge in [-0.2, -0.15) is 0 Å². The average Bonchev–Trinajstić information content (AvgIpc) is 3.54. The first-order valence-electron chi connectivity index (χ1n) is 11.1. The number of carbonyl (C=O) groups excluding carboxylic acids is 2. The molecular formula is C26H25N3O5. The number of benzene rings is 2. The topological polar surface area (TPSA) is 90.0 Å². The second kappa shape index (κ2) is 9.43. The van der Waals surface area contributed by atoms with Gasteiger partial charge in [-0.3, -0.25) is 14.6 Å². The molecule has 3 heterocycles. The molecule has 2 aliphatic rings. The molecule has 1 fully saturated rings. The summed E-state index contributed by atoms with van der Waals surface area (Å²) in [6.07, 6.45) is 1.70. The summed E-state index contributed by atoms with van der Waals surface area (Å²) in [5, 5.41) is 3.00. The first-order valence-corrected chi connectivity index (χ1v) is 11.1. The second-order valence-electron chi connectivity index (χ2n) is 8.30. The molecule has 1 N–H and O–H groups in total. The maximum atomic E-state index is 13.3. The Morgan fingerprint density at radius 3 is 2.65 bits per heavy atom. The van der Waals surface area contributed by atoms with Gasteiger partial charge in [-0.05, 0) is 48.0 Å². The van der Waals surface area contributed by atoms with Gasteiger partial charge in [0.2, 0.25) is 12.7 Å². The molecular weight excluding hydrogens is 434 g/mol. The van der Waals surface area contributed by atoms with Gasteiger partial charge in [0.1, 0.15) is 5.75 Å². The van der Waals surface area contributed by atoms with Gasteiger partial charge < -0.3 is 24.4 Å². The Hall–Kier alpha value is -4.07. The van der Waals surface area contributed by atoms with Crippen molar-refractivity contribution in [3.05, 3.63) is 83.7 Å². The van der Waals surface area contributed by atoms with Crippen molar-refractivity contribution in [2.24, 2.45) is 5.92 Å². The van der Waals surface area contributed by atoms with Crippen molar-refractivity contribution >= 4 is 11.8 Å². The van der Waals surface area contributed by atoms with Crippen LogP contribution in [0.1, 0.15) is 27.5 Å². The molecule has 34 heavy (non-hydrogen) atoms. The zero-order valence-electron chi connectivity index (χ0n) is 18.8. The Balaban J connectivity index is 1.36. The van der Waals surface area contributed by atoms with E-state index in [0.29, 0.717) is 36.7 Å². The SMILES string of the molecule is COc1ccc(C2CN(C(=O)c3ccc4c(c3)OCO4)CC2C(=O)NCc2ccccn2)cc1. The van der Waals surface area contributed by atoms with Crippen molar-refractivity contribution in [1.82, 2.24) is 15.2 Å². The molecule has 1 saturated heterocycles. The molecule has 8 nitrogen and oxygen atoms in total. The van der Waals surface area contributed by atoms with Crippen LogP contribution in [-0.4, -0.2) is 48.7 Å². The van der Waals surface area contributed by atoms with E-state index in [-0.39, 0.29) is 24.5 Å². The van der Waals surface area contributed by atoms with E-state index in [9.17, 15) is 9.59 Å². The number of ether oxygens (including phenoxy) is 3. The van der Waals surface area contributed by atoms with E-state index in [0.717, 1.165) is 17.0 Å². The lowest BCUT2D eigenvalue weighted by Gasteiger charge is -2.18. The Bertz CT molecular complexity index is 1180. The number of amides is 2. The highest BCUT2D eigenvalue weighted by atomic mass is 16.7. The summed E-state index contributed by atoms with van der Waals surface area (Å²) in [5.41, 5.74) is 2.27. The van der Waals surface area contributed by atoms with Gasteiger partial charge in [0, 0.05) is 30.8 Å². The number of hydrogen-bond donors (Lipinski definition) is 1. The third-order valence-electron chi connectivity index (χ3n) is 6.28. The number of fused-ring (bicyclic) bond motifs is 1. The Morgan fingerprint density at radius 1 is 1.06 bits per heavy atom. The number of nitrogens with zero attached hydrogens (tertiary/aromatic N) is 2.